The molecule has 0 radical (unpaired) electrons. The van der Waals surface area contributed by atoms with E-state index >= 15 is 0 Å². The molecule has 1 N–H and O–H groups in total. The summed E-state index contributed by atoms with van der Waals surface area (Å²) in [7, 11) is 1.92. The summed E-state index contributed by atoms with van der Waals surface area (Å²) in [5.74, 6) is 1.56. The number of rotatable bonds is 5. The summed E-state index contributed by atoms with van der Waals surface area (Å²) >= 11 is 0. The van der Waals surface area contributed by atoms with E-state index < -0.39 is 0 Å². The zero-order valence-electron chi connectivity index (χ0n) is 20.0. The van der Waals surface area contributed by atoms with Gasteiger partial charge in [0.15, 0.2) is 0 Å². The summed E-state index contributed by atoms with van der Waals surface area (Å²) in [6.07, 6.45) is 7.38. The number of nitrogens with one attached hydrogen (secondary N) is 1. The van der Waals surface area contributed by atoms with Crippen molar-refractivity contribution in [1.82, 2.24) is 29.6 Å². The van der Waals surface area contributed by atoms with Crippen LogP contribution in [0, 0.1) is 27.7 Å². The minimum absolute atomic E-state index is 0.0402. The van der Waals surface area contributed by atoms with E-state index in [1.54, 1.807) is 12.3 Å². The van der Waals surface area contributed by atoms with Crippen LogP contribution in [0.25, 0.3) is 6.08 Å². The molecule has 0 bridgehead atoms. The van der Waals surface area contributed by atoms with E-state index in [9.17, 15) is 4.79 Å². The molecule has 4 rings (SSSR count). The fourth-order valence-corrected chi connectivity index (χ4v) is 4.41. The topological polar surface area (TPSA) is 88.8 Å². The van der Waals surface area contributed by atoms with Gasteiger partial charge in [0.05, 0.1) is 5.69 Å². The number of amides is 1. The molecule has 1 fully saturated rings. The number of aromatic nitrogens is 5. The van der Waals surface area contributed by atoms with Crippen molar-refractivity contribution in [2.45, 2.75) is 46.5 Å². The first kappa shape index (κ1) is 22.6. The van der Waals surface area contributed by atoms with E-state index in [-0.39, 0.29) is 11.8 Å². The zero-order valence-corrected chi connectivity index (χ0v) is 20.0. The Balaban J connectivity index is 1.45. The van der Waals surface area contributed by atoms with Gasteiger partial charge in [-0.25, -0.2) is 15.0 Å². The Morgan fingerprint density at radius 3 is 2.61 bits per heavy atom. The van der Waals surface area contributed by atoms with Crippen LogP contribution in [0.3, 0.4) is 0 Å². The van der Waals surface area contributed by atoms with Crippen LogP contribution >= 0.6 is 0 Å². The zero-order chi connectivity index (χ0) is 23.5. The minimum atomic E-state index is 0.0402. The van der Waals surface area contributed by atoms with Crippen LogP contribution in [-0.2, 0) is 11.8 Å². The van der Waals surface area contributed by atoms with E-state index in [0.29, 0.717) is 18.3 Å². The molecule has 1 atom stereocenters. The fraction of sp³-hybridized carbons (Fsp3) is 0.400. The highest BCUT2D eigenvalue weighted by Crippen LogP contribution is 2.28. The monoisotopic (exact) mass is 445 g/mol. The second-order valence-corrected chi connectivity index (χ2v) is 8.74. The Labute approximate surface area is 194 Å². The molecule has 1 aliphatic heterocycles. The highest BCUT2D eigenvalue weighted by atomic mass is 16.2. The maximum atomic E-state index is 12.9. The summed E-state index contributed by atoms with van der Waals surface area (Å²) in [5, 5.41) is 7.64. The summed E-state index contributed by atoms with van der Waals surface area (Å²) in [6.45, 7) is 9.34. The van der Waals surface area contributed by atoms with Crippen molar-refractivity contribution in [3.05, 3.63) is 64.4 Å². The lowest BCUT2D eigenvalue weighted by molar-refractivity contribution is -0.127. The van der Waals surface area contributed by atoms with E-state index in [2.05, 4.69) is 25.4 Å². The number of pyridine rings is 1. The molecule has 1 aliphatic rings. The Morgan fingerprint density at radius 1 is 1.15 bits per heavy atom. The van der Waals surface area contributed by atoms with E-state index in [4.69, 9.17) is 0 Å². The van der Waals surface area contributed by atoms with Crippen molar-refractivity contribution in [2.75, 3.05) is 18.4 Å². The Morgan fingerprint density at radius 2 is 1.91 bits per heavy atom. The smallest absolute Gasteiger partial charge is 0.246 e. The van der Waals surface area contributed by atoms with Gasteiger partial charge in [-0.1, -0.05) is 0 Å². The van der Waals surface area contributed by atoms with E-state index in [0.717, 1.165) is 53.3 Å². The SMILES string of the molecule is Cc1cc(C)nc(Nc2cc(C3CCCN(C(=O)/C=C/c4c(C)nn(C)c4C)C3)ccn2)n1. The normalized spacial score (nSPS) is 16.4. The molecule has 4 heterocycles. The van der Waals surface area contributed by atoms with Crippen molar-refractivity contribution in [3.8, 4) is 0 Å². The molecule has 1 saturated heterocycles. The molecule has 8 heteroatoms. The summed E-state index contributed by atoms with van der Waals surface area (Å²) < 4.78 is 1.84. The summed E-state index contributed by atoms with van der Waals surface area (Å²) in [4.78, 5) is 28.2. The van der Waals surface area contributed by atoms with Gasteiger partial charge in [-0.15, -0.1) is 0 Å². The number of anilines is 2. The predicted octanol–water partition coefficient (Wildman–Crippen LogP) is 4.00. The maximum absolute atomic E-state index is 12.9. The first-order valence-electron chi connectivity index (χ1n) is 11.3. The largest absolute Gasteiger partial charge is 0.339 e. The first-order chi connectivity index (χ1) is 15.8. The number of nitrogens with zero attached hydrogens (tertiary/aromatic N) is 6. The Hall–Kier alpha value is -3.55. The molecular formula is C25H31N7O. The molecule has 3 aromatic heterocycles. The standard InChI is InChI=1S/C25H31N7O/c1-16-13-17(2)28-25(27-16)29-23-14-20(10-11-26-23)21-7-6-12-32(15-21)24(33)9-8-22-18(3)30-31(5)19(22)4/h8-11,13-14,21H,6-7,12,15H2,1-5H3,(H,26,27,28,29)/b9-8+. The van der Waals surface area contributed by atoms with Crippen molar-refractivity contribution < 1.29 is 4.79 Å². The Kier molecular flexibility index (Phi) is 6.53. The van der Waals surface area contributed by atoms with Gasteiger partial charge in [0.1, 0.15) is 5.82 Å². The molecule has 33 heavy (non-hydrogen) atoms. The Bertz CT molecular complexity index is 1180. The number of carbonyl (C=O) groups is 1. The van der Waals surface area contributed by atoms with Crippen LogP contribution in [-0.4, -0.2) is 48.6 Å². The second kappa shape index (κ2) is 9.52. The number of aryl methyl sites for hydroxylation is 4. The van der Waals surface area contributed by atoms with Crippen molar-refractivity contribution in [2.24, 2.45) is 7.05 Å². The van der Waals surface area contributed by atoms with Crippen molar-refractivity contribution >= 4 is 23.7 Å². The number of likely N-dealkylation sites (tertiary alicyclic amines) is 1. The van der Waals surface area contributed by atoms with Gasteiger partial charge in [-0.05, 0) is 70.4 Å². The van der Waals surface area contributed by atoms with Gasteiger partial charge in [0.2, 0.25) is 11.9 Å². The first-order valence-corrected chi connectivity index (χ1v) is 11.3. The van der Waals surface area contributed by atoms with Gasteiger partial charge in [-0.2, -0.15) is 5.10 Å². The molecule has 0 aromatic carbocycles. The van der Waals surface area contributed by atoms with Gasteiger partial charge >= 0.3 is 0 Å². The number of carbonyl (C=O) groups excluding carboxylic acids is 1. The van der Waals surface area contributed by atoms with Crippen LogP contribution in [0.2, 0.25) is 0 Å². The van der Waals surface area contributed by atoms with Crippen LogP contribution in [0.5, 0.6) is 0 Å². The lowest BCUT2D eigenvalue weighted by Gasteiger charge is -2.32. The molecule has 3 aromatic rings. The highest BCUT2D eigenvalue weighted by molar-refractivity contribution is 5.92. The van der Waals surface area contributed by atoms with Gasteiger partial charge in [-0.3, -0.25) is 9.48 Å². The van der Waals surface area contributed by atoms with Gasteiger partial charge in [0, 0.05) is 61.0 Å². The molecule has 172 valence electrons. The van der Waals surface area contributed by atoms with Crippen molar-refractivity contribution in [1.29, 1.82) is 0 Å². The maximum Gasteiger partial charge on any atom is 0.246 e. The molecule has 0 spiro atoms. The average Bonchev–Trinajstić information content (AvgIpc) is 3.02. The van der Waals surface area contributed by atoms with Gasteiger partial charge in [0.25, 0.3) is 0 Å². The fourth-order valence-electron chi connectivity index (χ4n) is 4.41. The van der Waals surface area contributed by atoms with Crippen LogP contribution in [0.4, 0.5) is 11.8 Å². The molecule has 1 unspecified atom stereocenters. The lowest BCUT2D eigenvalue weighted by atomic mass is 9.91. The quantitative estimate of drug-likeness (QED) is 0.597. The lowest BCUT2D eigenvalue weighted by Crippen LogP contribution is -2.38. The van der Waals surface area contributed by atoms with E-state index in [1.807, 2.05) is 68.6 Å². The molecule has 0 saturated carbocycles. The summed E-state index contributed by atoms with van der Waals surface area (Å²) in [5.41, 5.74) is 5.98. The van der Waals surface area contributed by atoms with Crippen molar-refractivity contribution in [3.63, 3.8) is 0 Å². The van der Waals surface area contributed by atoms with Crippen LogP contribution in [0.15, 0.2) is 30.5 Å². The third-order valence-electron chi connectivity index (χ3n) is 6.17. The number of hydrogen-bond acceptors (Lipinski definition) is 6. The number of piperidine rings is 1. The molecule has 8 nitrogen and oxygen atoms in total. The third kappa shape index (κ3) is 5.27. The third-order valence-corrected chi connectivity index (χ3v) is 6.17. The average molecular weight is 446 g/mol. The highest BCUT2D eigenvalue weighted by Gasteiger charge is 2.24. The van der Waals surface area contributed by atoms with E-state index in [1.165, 1.54) is 0 Å². The molecule has 1 amide bonds. The molecule has 0 aliphatic carbocycles. The van der Waals surface area contributed by atoms with Gasteiger partial charge < -0.3 is 10.2 Å². The molecular weight excluding hydrogens is 414 g/mol. The number of hydrogen-bond donors (Lipinski definition) is 1. The van der Waals surface area contributed by atoms with Crippen LogP contribution in [0.1, 0.15) is 52.7 Å². The minimum Gasteiger partial charge on any atom is -0.339 e. The summed E-state index contributed by atoms with van der Waals surface area (Å²) in [6, 6.07) is 6.01. The van der Waals surface area contributed by atoms with Crippen LogP contribution < -0.4 is 5.32 Å². The second-order valence-electron chi connectivity index (χ2n) is 8.74. The predicted molar refractivity (Wildman–Crippen MR) is 129 cm³/mol.